The molecule has 0 aliphatic heterocycles. The highest BCUT2D eigenvalue weighted by atomic mass is 16.5. The highest BCUT2D eigenvalue weighted by Crippen LogP contribution is 2.14. The molecule has 8 heteroatoms. The minimum Gasteiger partial charge on any atom is -0.469 e. The van der Waals surface area contributed by atoms with Crippen molar-refractivity contribution in [1.29, 1.82) is 0 Å². The minimum absolute atomic E-state index is 0.0278. The minimum atomic E-state index is -0.194. The molecule has 1 aromatic heterocycles. The molecule has 0 saturated heterocycles. The number of carbonyl (C=O) groups excluding carboxylic acids is 2. The van der Waals surface area contributed by atoms with E-state index in [0.717, 1.165) is 30.4 Å². The van der Waals surface area contributed by atoms with Crippen molar-refractivity contribution in [1.82, 2.24) is 25.7 Å². The zero-order chi connectivity index (χ0) is 17.9. The Balaban J connectivity index is 1.68. The van der Waals surface area contributed by atoms with Crippen molar-refractivity contribution in [3.63, 3.8) is 0 Å². The molecule has 0 saturated carbocycles. The Morgan fingerprint density at radius 1 is 1.04 bits per heavy atom. The van der Waals surface area contributed by atoms with E-state index in [1.807, 2.05) is 24.3 Å². The van der Waals surface area contributed by atoms with Gasteiger partial charge in [-0.05, 0) is 18.4 Å². The van der Waals surface area contributed by atoms with Gasteiger partial charge < -0.3 is 10.1 Å². The van der Waals surface area contributed by atoms with Gasteiger partial charge in [-0.2, -0.15) is 0 Å². The summed E-state index contributed by atoms with van der Waals surface area (Å²) in [4.78, 5) is 22.9. The van der Waals surface area contributed by atoms with Gasteiger partial charge in [0.2, 0.25) is 11.7 Å². The topological polar surface area (TPSA) is 107 Å². The number of hydrogen-bond acceptors (Lipinski definition) is 7. The van der Waals surface area contributed by atoms with E-state index in [4.69, 9.17) is 0 Å². The number of nitrogens with one attached hydrogen (secondary N) is 1. The largest absolute Gasteiger partial charge is 0.469 e. The maximum atomic E-state index is 11.9. The lowest BCUT2D eigenvalue weighted by atomic mass is 10.1. The van der Waals surface area contributed by atoms with Gasteiger partial charge in [0.1, 0.15) is 0 Å². The Kier molecular flexibility index (Phi) is 7.42. The second-order valence-corrected chi connectivity index (χ2v) is 5.48. The molecular formula is C17H21N5O3. The van der Waals surface area contributed by atoms with E-state index in [1.54, 1.807) is 0 Å². The molecule has 0 atom stereocenters. The van der Waals surface area contributed by atoms with Crippen molar-refractivity contribution in [3.8, 4) is 11.4 Å². The summed E-state index contributed by atoms with van der Waals surface area (Å²) < 4.78 is 4.57. The molecule has 0 aliphatic carbocycles. The van der Waals surface area contributed by atoms with Crippen molar-refractivity contribution >= 4 is 11.9 Å². The fourth-order valence-corrected chi connectivity index (χ4v) is 2.24. The fourth-order valence-electron chi connectivity index (χ4n) is 2.24. The number of benzene rings is 1. The number of carbonyl (C=O) groups is 2. The Bertz CT molecular complexity index is 676. The van der Waals surface area contributed by atoms with Crippen molar-refractivity contribution in [3.05, 3.63) is 36.2 Å². The van der Waals surface area contributed by atoms with Crippen LogP contribution in [0.3, 0.4) is 0 Å². The van der Waals surface area contributed by atoms with E-state index in [9.17, 15) is 9.59 Å². The number of esters is 1. The van der Waals surface area contributed by atoms with Gasteiger partial charge in [-0.3, -0.25) is 9.59 Å². The molecule has 1 heterocycles. The predicted octanol–water partition coefficient (Wildman–Crippen LogP) is 1.33. The molecule has 0 aliphatic rings. The smallest absolute Gasteiger partial charge is 0.305 e. The second-order valence-electron chi connectivity index (χ2n) is 5.48. The van der Waals surface area contributed by atoms with Gasteiger partial charge in [-0.1, -0.05) is 30.7 Å². The molecule has 0 fully saturated rings. The van der Waals surface area contributed by atoms with Crippen LogP contribution in [-0.4, -0.2) is 45.9 Å². The van der Waals surface area contributed by atoms with Gasteiger partial charge in [-0.15, -0.1) is 20.4 Å². The molecule has 0 unspecified atom stereocenters. The maximum absolute atomic E-state index is 11.9. The molecule has 0 spiro atoms. The monoisotopic (exact) mass is 343 g/mol. The molecule has 2 aromatic rings. The van der Waals surface area contributed by atoms with Crippen LogP contribution in [0, 0.1) is 0 Å². The van der Waals surface area contributed by atoms with Crippen LogP contribution < -0.4 is 5.32 Å². The zero-order valence-corrected chi connectivity index (χ0v) is 14.1. The van der Waals surface area contributed by atoms with E-state index < -0.39 is 0 Å². The second kappa shape index (κ2) is 10.1. The molecule has 1 N–H and O–H groups in total. The molecule has 132 valence electrons. The zero-order valence-electron chi connectivity index (χ0n) is 14.1. The Morgan fingerprint density at radius 3 is 2.44 bits per heavy atom. The third kappa shape index (κ3) is 6.62. The van der Waals surface area contributed by atoms with Crippen LogP contribution in [0.5, 0.6) is 0 Å². The van der Waals surface area contributed by atoms with E-state index >= 15 is 0 Å². The SMILES string of the molecule is COC(=O)CCCCCNC(=O)Cc1ccc(-c2nncnn2)cc1. The third-order valence-electron chi connectivity index (χ3n) is 3.59. The number of ether oxygens (including phenoxy) is 1. The van der Waals surface area contributed by atoms with Crippen molar-refractivity contribution < 1.29 is 14.3 Å². The lowest BCUT2D eigenvalue weighted by Gasteiger charge is -2.06. The number of aromatic nitrogens is 4. The van der Waals surface area contributed by atoms with Crippen molar-refractivity contribution in [2.45, 2.75) is 32.1 Å². The average molecular weight is 343 g/mol. The van der Waals surface area contributed by atoms with E-state index in [2.05, 4.69) is 30.4 Å². The summed E-state index contributed by atoms with van der Waals surface area (Å²) in [6, 6.07) is 7.41. The summed E-state index contributed by atoms with van der Waals surface area (Å²) in [7, 11) is 1.38. The lowest BCUT2D eigenvalue weighted by molar-refractivity contribution is -0.140. The van der Waals surface area contributed by atoms with E-state index in [1.165, 1.54) is 13.4 Å². The fraction of sp³-hybridized carbons (Fsp3) is 0.412. The number of methoxy groups -OCH3 is 1. The number of amides is 1. The standard InChI is InChI=1S/C17H21N5O3/c1-25-16(24)5-3-2-4-10-18-15(23)11-13-6-8-14(9-7-13)17-21-19-12-20-22-17/h6-9,12H,2-5,10-11H2,1H3,(H,18,23). The third-order valence-corrected chi connectivity index (χ3v) is 3.59. The number of nitrogens with zero attached hydrogens (tertiary/aromatic N) is 4. The molecule has 0 radical (unpaired) electrons. The van der Waals surface area contributed by atoms with Crippen molar-refractivity contribution in [2.24, 2.45) is 0 Å². The normalized spacial score (nSPS) is 10.3. The van der Waals surface area contributed by atoms with Crippen LogP contribution in [0.4, 0.5) is 0 Å². The van der Waals surface area contributed by atoms with Crippen LogP contribution in [0.15, 0.2) is 30.6 Å². The van der Waals surface area contributed by atoms with Gasteiger partial charge in [0, 0.05) is 18.5 Å². The first kappa shape index (κ1) is 18.4. The van der Waals surface area contributed by atoms with Crippen LogP contribution in [0.1, 0.15) is 31.2 Å². The average Bonchev–Trinajstić information content (AvgIpc) is 2.65. The lowest BCUT2D eigenvalue weighted by Crippen LogP contribution is -2.26. The molecule has 0 bridgehead atoms. The molecule has 1 amide bonds. The summed E-state index contributed by atoms with van der Waals surface area (Å²) in [5, 5.41) is 18.0. The van der Waals surface area contributed by atoms with Crippen molar-refractivity contribution in [2.75, 3.05) is 13.7 Å². The van der Waals surface area contributed by atoms with Gasteiger partial charge in [0.05, 0.1) is 13.5 Å². The summed E-state index contributed by atoms with van der Waals surface area (Å²) in [5.74, 6) is 0.227. The molecule has 25 heavy (non-hydrogen) atoms. The number of rotatable bonds is 9. The number of unbranched alkanes of at least 4 members (excludes halogenated alkanes) is 2. The van der Waals surface area contributed by atoms with Crippen LogP contribution >= 0.6 is 0 Å². The van der Waals surface area contributed by atoms with Gasteiger partial charge in [-0.25, -0.2) is 0 Å². The Labute approximate surface area is 146 Å². The van der Waals surface area contributed by atoms with Crippen LogP contribution in [-0.2, 0) is 20.7 Å². The van der Waals surface area contributed by atoms with Crippen LogP contribution in [0.25, 0.3) is 11.4 Å². The van der Waals surface area contributed by atoms with Gasteiger partial charge in [0.15, 0.2) is 6.33 Å². The molecule has 2 rings (SSSR count). The van der Waals surface area contributed by atoms with E-state index in [-0.39, 0.29) is 11.9 Å². The predicted molar refractivity (Wildman–Crippen MR) is 90.3 cm³/mol. The quantitative estimate of drug-likeness (QED) is 0.540. The first-order valence-corrected chi connectivity index (χ1v) is 8.12. The molecular weight excluding hydrogens is 322 g/mol. The Hall–Kier alpha value is -2.90. The van der Waals surface area contributed by atoms with Gasteiger partial charge >= 0.3 is 5.97 Å². The first-order chi connectivity index (χ1) is 12.2. The summed E-state index contributed by atoms with van der Waals surface area (Å²) in [6.07, 6.45) is 4.50. The Morgan fingerprint density at radius 2 is 1.76 bits per heavy atom. The molecule has 8 nitrogen and oxygen atoms in total. The highest BCUT2D eigenvalue weighted by molar-refractivity contribution is 5.78. The summed E-state index contributed by atoms with van der Waals surface area (Å²) in [5.41, 5.74) is 1.71. The maximum Gasteiger partial charge on any atom is 0.305 e. The molecule has 1 aromatic carbocycles. The van der Waals surface area contributed by atoms with Crippen LogP contribution in [0.2, 0.25) is 0 Å². The summed E-state index contributed by atoms with van der Waals surface area (Å²) >= 11 is 0. The highest BCUT2D eigenvalue weighted by Gasteiger charge is 2.06. The van der Waals surface area contributed by atoms with E-state index in [0.29, 0.717) is 25.2 Å². The number of hydrogen-bond donors (Lipinski definition) is 1. The van der Waals surface area contributed by atoms with Gasteiger partial charge in [0.25, 0.3) is 0 Å². The first-order valence-electron chi connectivity index (χ1n) is 8.12. The summed E-state index contributed by atoms with van der Waals surface area (Å²) in [6.45, 7) is 0.604.